The van der Waals surface area contributed by atoms with Crippen LogP contribution in [0.1, 0.15) is 34.0 Å². The maximum absolute atomic E-state index is 14.7. The molecule has 3 aromatic carbocycles. The average Bonchev–Trinajstić information content (AvgIpc) is 3.00. The Bertz CT molecular complexity index is 1720. The number of anilines is 1. The number of halogens is 5. The molecule has 4 aromatic rings. The molecule has 2 heterocycles. The van der Waals surface area contributed by atoms with Crippen LogP contribution in [0.2, 0.25) is 0 Å². The number of alkyl halides is 3. The zero-order valence-corrected chi connectivity index (χ0v) is 24.0. The molecule has 7 nitrogen and oxygen atoms in total. The molecular formula is C32H32F5N5O2. The number of piperazine rings is 1. The molecule has 0 aliphatic carbocycles. The molecule has 12 heteroatoms. The molecular weight excluding hydrogens is 581 g/mol. The Morgan fingerprint density at radius 1 is 0.795 bits per heavy atom. The van der Waals surface area contributed by atoms with Crippen molar-refractivity contribution in [1.29, 1.82) is 0 Å². The monoisotopic (exact) mass is 613 g/mol. The molecule has 0 saturated carbocycles. The highest BCUT2D eigenvalue weighted by molar-refractivity contribution is 5.50. The summed E-state index contributed by atoms with van der Waals surface area (Å²) >= 11 is 0. The smallest absolute Gasteiger partial charge is 0.363 e. The van der Waals surface area contributed by atoms with Gasteiger partial charge in [0, 0.05) is 50.0 Å². The third-order valence-electron chi connectivity index (χ3n) is 8.05. The van der Waals surface area contributed by atoms with E-state index in [-0.39, 0.29) is 48.7 Å². The van der Waals surface area contributed by atoms with Crippen molar-refractivity contribution in [3.63, 3.8) is 0 Å². The molecule has 1 atom stereocenters. The molecule has 0 radical (unpaired) electrons. The zero-order valence-electron chi connectivity index (χ0n) is 24.0. The SMILES string of the molecule is Cc1c(N2CCN(Cc3ccccc3C(F)(F)F)CC2)c(=O)n(C[C@H](N)c2ccccc2)c(=O)n1Cc1c(F)cccc1F. The summed E-state index contributed by atoms with van der Waals surface area (Å²) in [5.41, 5.74) is 5.27. The highest BCUT2D eigenvalue weighted by Crippen LogP contribution is 2.32. The fourth-order valence-corrected chi connectivity index (χ4v) is 5.65. The predicted molar refractivity (Wildman–Crippen MR) is 157 cm³/mol. The summed E-state index contributed by atoms with van der Waals surface area (Å²) in [6.45, 7) is 2.23. The van der Waals surface area contributed by atoms with Crippen molar-refractivity contribution in [2.75, 3.05) is 31.1 Å². The largest absolute Gasteiger partial charge is 0.416 e. The molecule has 0 bridgehead atoms. The quantitative estimate of drug-likeness (QED) is 0.292. The molecule has 232 valence electrons. The van der Waals surface area contributed by atoms with E-state index < -0.39 is 47.2 Å². The number of hydrogen-bond acceptors (Lipinski definition) is 5. The van der Waals surface area contributed by atoms with Crippen LogP contribution < -0.4 is 21.9 Å². The van der Waals surface area contributed by atoms with Gasteiger partial charge in [0.05, 0.1) is 18.7 Å². The van der Waals surface area contributed by atoms with Crippen molar-refractivity contribution in [3.05, 3.63) is 133 Å². The van der Waals surface area contributed by atoms with Crippen LogP contribution in [0.25, 0.3) is 0 Å². The van der Waals surface area contributed by atoms with Crippen LogP contribution in [0, 0.1) is 18.6 Å². The lowest BCUT2D eigenvalue weighted by Gasteiger charge is -2.37. The van der Waals surface area contributed by atoms with E-state index >= 15 is 0 Å². The number of hydrogen-bond donors (Lipinski definition) is 1. The van der Waals surface area contributed by atoms with Gasteiger partial charge < -0.3 is 10.6 Å². The maximum Gasteiger partial charge on any atom is 0.416 e. The topological polar surface area (TPSA) is 76.5 Å². The number of rotatable bonds is 8. The van der Waals surface area contributed by atoms with Gasteiger partial charge >= 0.3 is 11.9 Å². The normalized spacial score (nSPS) is 15.0. The Kier molecular flexibility index (Phi) is 9.02. The highest BCUT2D eigenvalue weighted by Gasteiger charge is 2.34. The third-order valence-corrected chi connectivity index (χ3v) is 8.05. The van der Waals surface area contributed by atoms with Crippen molar-refractivity contribution in [2.45, 2.75) is 38.8 Å². The summed E-state index contributed by atoms with van der Waals surface area (Å²) in [4.78, 5) is 31.3. The standard InChI is InChI=1S/C32H32F5N5O2/c1-21-29(40-16-14-39(15-17-40)18-23-10-5-6-11-25(23)32(35,36)37)30(43)42(20-28(38)22-8-3-2-4-9-22)31(44)41(21)19-24-26(33)12-7-13-27(24)34/h2-13,28H,14-20,38H2,1H3/t28-/m0/s1. The molecule has 0 unspecified atom stereocenters. The second kappa shape index (κ2) is 12.7. The lowest BCUT2D eigenvalue weighted by molar-refractivity contribution is -0.138. The first-order valence-electron chi connectivity index (χ1n) is 14.2. The van der Waals surface area contributed by atoms with Crippen molar-refractivity contribution in [3.8, 4) is 0 Å². The van der Waals surface area contributed by atoms with E-state index in [4.69, 9.17) is 5.73 Å². The minimum absolute atomic E-state index is 0.0741. The second-order valence-corrected chi connectivity index (χ2v) is 10.9. The van der Waals surface area contributed by atoms with Crippen LogP contribution in [0.3, 0.4) is 0 Å². The molecule has 0 amide bonds. The summed E-state index contributed by atoms with van der Waals surface area (Å²) in [5, 5.41) is 0. The average molecular weight is 614 g/mol. The lowest BCUT2D eigenvalue weighted by Crippen LogP contribution is -2.51. The molecule has 1 saturated heterocycles. The Hall–Kier alpha value is -4.29. The van der Waals surface area contributed by atoms with Gasteiger partial charge in [0.25, 0.3) is 5.56 Å². The van der Waals surface area contributed by atoms with E-state index in [1.807, 2.05) is 11.0 Å². The van der Waals surface area contributed by atoms with Crippen molar-refractivity contribution >= 4 is 5.69 Å². The molecule has 1 aromatic heterocycles. The number of nitrogens with zero attached hydrogens (tertiary/aromatic N) is 4. The molecule has 1 aliphatic rings. The van der Waals surface area contributed by atoms with Crippen molar-refractivity contribution in [2.24, 2.45) is 5.73 Å². The van der Waals surface area contributed by atoms with E-state index in [1.165, 1.54) is 22.8 Å². The summed E-state index contributed by atoms with van der Waals surface area (Å²) in [6, 6.07) is 17.0. The molecule has 2 N–H and O–H groups in total. The van der Waals surface area contributed by atoms with Gasteiger partial charge in [0.15, 0.2) is 0 Å². The van der Waals surface area contributed by atoms with Crippen molar-refractivity contribution < 1.29 is 22.0 Å². The van der Waals surface area contributed by atoms with Crippen LogP contribution in [-0.4, -0.2) is 40.2 Å². The number of benzene rings is 3. The lowest BCUT2D eigenvalue weighted by atomic mass is 10.1. The Balaban J connectivity index is 1.48. The highest BCUT2D eigenvalue weighted by atomic mass is 19.4. The van der Waals surface area contributed by atoms with Gasteiger partial charge in [-0.1, -0.05) is 54.6 Å². The van der Waals surface area contributed by atoms with Crippen LogP contribution in [0.15, 0.2) is 82.4 Å². The summed E-state index contributed by atoms with van der Waals surface area (Å²) in [6.07, 6.45) is -4.48. The Morgan fingerprint density at radius 3 is 2.05 bits per heavy atom. The fraction of sp³-hybridized carbons (Fsp3) is 0.312. The van der Waals surface area contributed by atoms with Crippen LogP contribution in [0.4, 0.5) is 27.6 Å². The first-order valence-corrected chi connectivity index (χ1v) is 14.2. The third kappa shape index (κ3) is 6.46. The van der Waals surface area contributed by atoms with Gasteiger partial charge in [0.1, 0.15) is 17.3 Å². The van der Waals surface area contributed by atoms with E-state index in [1.54, 1.807) is 42.2 Å². The van der Waals surface area contributed by atoms with E-state index in [0.717, 1.165) is 22.8 Å². The van der Waals surface area contributed by atoms with Gasteiger partial charge in [-0.2, -0.15) is 13.2 Å². The number of aromatic nitrogens is 2. The summed E-state index contributed by atoms with van der Waals surface area (Å²) in [7, 11) is 0. The first kappa shape index (κ1) is 31.1. The minimum Gasteiger partial charge on any atom is -0.363 e. The Morgan fingerprint density at radius 2 is 1.41 bits per heavy atom. The van der Waals surface area contributed by atoms with Crippen LogP contribution in [-0.2, 0) is 25.8 Å². The van der Waals surface area contributed by atoms with Gasteiger partial charge in [-0.3, -0.25) is 18.8 Å². The van der Waals surface area contributed by atoms with Gasteiger partial charge in [-0.25, -0.2) is 13.6 Å². The van der Waals surface area contributed by atoms with E-state index in [2.05, 4.69) is 0 Å². The Labute approximate surface area is 250 Å². The van der Waals surface area contributed by atoms with Gasteiger partial charge in [0.2, 0.25) is 0 Å². The molecule has 1 fully saturated rings. The molecule has 44 heavy (non-hydrogen) atoms. The van der Waals surface area contributed by atoms with E-state index in [0.29, 0.717) is 18.7 Å². The number of nitrogens with two attached hydrogens (primary N) is 1. The van der Waals surface area contributed by atoms with Crippen LogP contribution in [0.5, 0.6) is 0 Å². The predicted octanol–water partition coefficient (Wildman–Crippen LogP) is 4.69. The maximum atomic E-state index is 14.7. The van der Waals surface area contributed by atoms with Gasteiger partial charge in [-0.15, -0.1) is 0 Å². The molecule has 0 spiro atoms. The van der Waals surface area contributed by atoms with E-state index in [9.17, 15) is 31.5 Å². The summed E-state index contributed by atoms with van der Waals surface area (Å²) in [5.74, 6) is -1.66. The molecule has 1 aliphatic heterocycles. The second-order valence-electron chi connectivity index (χ2n) is 10.9. The minimum atomic E-state index is -4.48. The molecule has 5 rings (SSSR count). The zero-order chi connectivity index (χ0) is 31.6. The first-order chi connectivity index (χ1) is 21.0. The van der Waals surface area contributed by atoms with Crippen LogP contribution >= 0.6 is 0 Å². The van der Waals surface area contributed by atoms with Gasteiger partial charge in [-0.05, 0) is 36.2 Å². The fourth-order valence-electron chi connectivity index (χ4n) is 5.65. The van der Waals surface area contributed by atoms with Crippen molar-refractivity contribution in [1.82, 2.24) is 14.0 Å². The summed E-state index contributed by atoms with van der Waals surface area (Å²) < 4.78 is 72.1.